The molecule has 3 aliphatic rings. The summed E-state index contributed by atoms with van der Waals surface area (Å²) in [6.07, 6.45) is 9.66. The Hall–Kier alpha value is -0.830. The number of aromatic amines is 1. The molecule has 1 saturated carbocycles. The summed E-state index contributed by atoms with van der Waals surface area (Å²) in [5.74, 6) is 0.931. The second-order valence-electron chi connectivity index (χ2n) is 3.74. The van der Waals surface area contributed by atoms with E-state index in [1.807, 2.05) is 6.07 Å². The van der Waals surface area contributed by atoms with Crippen LogP contribution in [0.15, 0.2) is 18.5 Å². The first kappa shape index (κ1) is 8.75. The Bertz CT molecular complexity index is 175. The summed E-state index contributed by atoms with van der Waals surface area (Å²) >= 11 is 0. The van der Waals surface area contributed by atoms with Gasteiger partial charge in [-0.1, -0.05) is 0 Å². The van der Waals surface area contributed by atoms with Crippen LogP contribution in [0.4, 0.5) is 0 Å². The molecule has 1 aromatic heterocycles. The topological polar surface area (TPSA) is 37.9 Å². The number of hydrogen-bond donors (Lipinski definition) is 1. The van der Waals surface area contributed by atoms with Crippen LogP contribution in [0.3, 0.4) is 0 Å². The predicted molar refractivity (Wildman–Crippen MR) is 50.3 cm³/mol. The second-order valence-corrected chi connectivity index (χ2v) is 3.74. The molecule has 2 aliphatic heterocycles. The molecule has 3 heterocycles. The minimum absolute atomic E-state index is 0.653. The molecular weight excluding hydrogens is 164 g/mol. The van der Waals surface area contributed by atoms with E-state index in [1.54, 1.807) is 12.4 Å². The average molecular weight is 180 g/mol. The Morgan fingerprint density at radius 3 is 2.23 bits per heavy atom. The molecule has 3 fully saturated rings. The van der Waals surface area contributed by atoms with Crippen LogP contribution in [-0.4, -0.2) is 22.9 Å². The highest BCUT2D eigenvalue weighted by Gasteiger charge is 2.27. The SMILES string of the molecule is C1CC2CCC1CO2.c1cn[nH]c1. The highest BCUT2D eigenvalue weighted by atomic mass is 16.5. The number of nitrogens with one attached hydrogen (secondary N) is 1. The fourth-order valence-electron chi connectivity index (χ4n) is 1.95. The van der Waals surface area contributed by atoms with Crippen LogP contribution in [0, 0.1) is 5.92 Å². The van der Waals surface area contributed by atoms with Crippen LogP contribution in [0.25, 0.3) is 0 Å². The van der Waals surface area contributed by atoms with Crippen molar-refractivity contribution in [3.8, 4) is 0 Å². The molecule has 1 aromatic rings. The first-order chi connectivity index (χ1) is 6.45. The van der Waals surface area contributed by atoms with Crippen molar-refractivity contribution in [3.63, 3.8) is 0 Å². The quantitative estimate of drug-likeness (QED) is 0.663. The van der Waals surface area contributed by atoms with Crippen LogP contribution in [0.2, 0.25) is 0 Å². The van der Waals surface area contributed by atoms with E-state index in [9.17, 15) is 0 Å². The first-order valence-corrected chi connectivity index (χ1v) is 5.00. The molecule has 0 spiro atoms. The fraction of sp³-hybridized carbons (Fsp3) is 0.700. The van der Waals surface area contributed by atoms with Crippen molar-refractivity contribution >= 4 is 0 Å². The Kier molecular flexibility index (Phi) is 2.98. The number of fused-ring (bicyclic) bond motifs is 3. The Labute approximate surface area is 78.5 Å². The van der Waals surface area contributed by atoms with Crippen LogP contribution in [0.1, 0.15) is 25.7 Å². The molecule has 0 radical (unpaired) electrons. The van der Waals surface area contributed by atoms with Gasteiger partial charge in [-0.3, -0.25) is 5.10 Å². The number of H-pyrrole nitrogens is 1. The van der Waals surface area contributed by atoms with Crippen molar-refractivity contribution in [1.82, 2.24) is 10.2 Å². The molecule has 72 valence electrons. The summed E-state index contributed by atoms with van der Waals surface area (Å²) in [5.41, 5.74) is 0. The van der Waals surface area contributed by atoms with Crippen LogP contribution < -0.4 is 0 Å². The maximum Gasteiger partial charge on any atom is 0.0575 e. The van der Waals surface area contributed by atoms with E-state index >= 15 is 0 Å². The zero-order valence-corrected chi connectivity index (χ0v) is 7.78. The fourth-order valence-corrected chi connectivity index (χ4v) is 1.95. The molecule has 0 aromatic carbocycles. The molecule has 13 heavy (non-hydrogen) atoms. The van der Waals surface area contributed by atoms with Crippen LogP contribution >= 0.6 is 0 Å². The Balaban J connectivity index is 0.000000113. The van der Waals surface area contributed by atoms with E-state index in [-0.39, 0.29) is 0 Å². The van der Waals surface area contributed by atoms with Crippen molar-refractivity contribution in [1.29, 1.82) is 0 Å². The predicted octanol–water partition coefficient (Wildman–Crippen LogP) is 1.99. The maximum absolute atomic E-state index is 5.48. The van der Waals surface area contributed by atoms with E-state index in [4.69, 9.17) is 4.74 Å². The van der Waals surface area contributed by atoms with Gasteiger partial charge in [0.1, 0.15) is 0 Å². The molecule has 4 rings (SSSR count). The van der Waals surface area contributed by atoms with E-state index < -0.39 is 0 Å². The number of hydrogen-bond acceptors (Lipinski definition) is 2. The molecule has 1 aliphatic carbocycles. The van der Waals surface area contributed by atoms with Gasteiger partial charge in [-0.05, 0) is 37.7 Å². The minimum atomic E-state index is 0.653. The normalized spacial score (nSPS) is 30.8. The average Bonchev–Trinajstić information content (AvgIpc) is 2.79. The Morgan fingerprint density at radius 2 is 2.08 bits per heavy atom. The summed E-state index contributed by atoms with van der Waals surface area (Å²) in [4.78, 5) is 0. The highest BCUT2D eigenvalue weighted by Crippen LogP contribution is 2.31. The molecular formula is C10H16N2O. The number of aromatic nitrogens is 2. The third-order valence-corrected chi connectivity index (χ3v) is 2.77. The molecule has 3 nitrogen and oxygen atoms in total. The van der Waals surface area contributed by atoms with Crippen molar-refractivity contribution in [3.05, 3.63) is 18.5 Å². The largest absolute Gasteiger partial charge is 0.378 e. The summed E-state index contributed by atoms with van der Waals surface area (Å²) in [6, 6.07) is 1.83. The van der Waals surface area contributed by atoms with Gasteiger partial charge in [-0.2, -0.15) is 5.10 Å². The first-order valence-electron chi connectivity index (χ1n) is 5.00. The number of rotatable bonds is 0. The third kappa shape index (κ3) is 2.56. The number of nitrogens with zero attached hydrogens (tertiary/aromatic N) is 1. The van der Waals surface area contributed by atoms with Gasteiger partial charge in [0.2, 0.25) is 0 Å². The van der Waals surface area contributed by atoms with E-state index in [2.05, 4.69) is 10.2 Å². The van der Waals surface area contributed by atoms with E-state index in [0.29, 0.717) is 6.10 Å². The molecule has 0 amide bonds. The van der Waals surface area contributed by atoms with Crippen LogP contribution in [-0.2, 0) is 4.74 Å². The lowest BCUT2D eigenvalue weighted by atomic mass is 9.85. The lowest BCUT2D eigenvalue weighted by Crippen LogP contribution is -2.32. The smallest absolute Gasteiger partial charge is 0.0575 e. The molecule has 0 atom stereocenters. The monoisotopic (exact) mass is 180 g/mol. The molecule has 2 saturated heterocycles. The van der Waals surface area contributed by atoms with Gasteiger partial charge in [-0.15, -0.1) is 0 Å². The molecule has 3 heteroatoms. The summed E-state index contributed by atoms with van der Waals surface area (Å²) < 4.78 is 5.48. The van der Waals surface area contributed by atoms with Gasteiger partial charge in [-0.25, -0.2) is 0 Å². The van der Waals surface area contributed by atoms with E-state index in [1.165, 1.54) is 25.7 Å². The van der Waals surface area contributed by atoms with Gasteiger partial charge in [0, 0.05) is 19.0 Å². The summed E-state index contributed by atoms with van der Waals surface area (Å²) in [5, 5.41) is 6.21. The summed E-state index contributed by atoms with van der Waals surface area (Å²) in [7, 11) is 0. The molecule has 0 unspecified atom stereocenters. The van der Waals surface area contributed by atoms with Crippen molar-refractivity contribution in [2.75, 3.05) is 6.61 Å². The molecule has 1 N–H and O–H groups in total. The van der Waals surface area contributed by atoms with Crippen molar-refractivity contribution in [2.24, 2.45) is 5.92 Å². The second kappa shape index (κ2) is 4.42. The summed E-state index contributed by atoms with van der Waals surface area (Å²) in [6.45, 7) is 1.06. The van der Waals surface area contributed by atoms with Crippen molar-refractivity contribution in [2.45, 2.75) is 31.8 Å². The van der Waals surface area contributed by atoms with Gasteiger partial charge >= 0.3 is 0 Å². The zero-order chi connectivity index (χ0) is 8.93. The van der Waals surface area contributed by atoms with Gasteiger partial charge in [0.15, 0.2) is 0 Å². The lowest BCUT2D eigenvalue weighted by Gasteiger charge is -2.35. The lowest BCUT2D eigenvalue weighted by molar-refractivity contribution is -0.0615. The Morgan fingerprint density at radius 1 is 1.23 bits per heavy atom. The maximum atomic E-state index is 5.48. The third-order valence-electron chi connectivity index (χ3n) is 2.77. The molecule has 2 bridgehead atoms. The highest BCUT2D eigenvalue weighted by molar-refractivity contribution is 4.77. The minimum Gasteiger partial charge on any atom is -0.378 e. The zero-order valence-electron chi connectivity index (χ0n) is 7.78. The van der Waals surface area contributed by atoms with Gasteiger partial charge in [0.25, 0.3) is 0 Å². The van der Waals surface area contributed by atoms with E-state index in [0.717, 1.165) is 12.5 Å². The number of ether oxygens (including phenoxy) is 1. The van der Waals surface area contributed by atoms with Gasteiger partial charge < -0.3 is 4.74 Å². The van der Waals surface area contributed by atoms with Gasteiger partial charge in [0.05, 0.1) is 6.10 Å². The standard InChI is InChI=1S/C7H12O.C3H4N2/c1-3-7-4-2-6(1)5-8-7;1-2-4-5-3-1/h6-7H,1-5H2;1-3H,(H,4,5). The van der Waals surface area contributed by atoms with Crippen molar-refractivity contribution < 1.29 is 4.74 Å². The van der Waals surface area contributed by atoms with Crippen LogP contribution in [0.5, 0.6) is 0 Å².